The van der Waals surface area contributed by atoms with E-state index in [1.54, 1.807) is 12.0 Å². The number of benzene rings is 2. The lowest BCUT2D eigenvalue weighted by Gasteiger charge is -2.27. The van der Waals surface area contributed by atoms with Crippen LogP contribution in [0, 0.1) is 0 Å². The Morgan fingerprint density at radius 3 is 2.28 bits per heavy atom. The van der Waals surface area contributed by atoms with Crippen LogP contribution in [0.4, 0.5) is 17.1 Å². The summed E-state index contributed by atoms with van der Waals surface area (Å²) in [6.45, 7) is 6.30. The zero-order chi connectivity index (χ0) is 22.5. The summed E-state index contributed by atoms with van der Waals surface area (Å²) in [6, 6.07) is 15.5. The second kappa shape index (κ2) is 10.0. The van der Waals surface area contributed by atoms with Crippen molar-refractivity contribution in [3.63, 3.8) is 0 Å². The van der Waals surface area contributed by atoms with Crippen molar-refractivity contribution in [1.82, 2.24) is 4.90 Å². The molecular weight excluding hydrogens is 404 g/mol. The van der Waals surface area contributed by atoms with E-state index >= 15 is 0 Å². The molecule has 0 spiro atoms. The van der Waals surface area contributed by atoms with Gasteiger partial charge in [-0.1, -0.05) is 0 Å². The van der Waals surface area contributed by atoms with Crippen molar-refractivity contribution < 1.29 is 14.3 Å². The maximum Gasteiger partial charge on any atom is 0.241 e. The second-order valence-electron chi connectivity index (χ2n) is 8.44. The molecule has 4 rings (SSSR count). The maximum absolute atomic E-state index is 12.9. The van der Waals surface area contributed by atoms with Crippen LogP contribution in [-0.4, -0.2) is 62.6 Å². The molecule has 0 radical (unpaired) electrons. The third-order valence-electron chi connectivity index (χ3n) is 6.42. The minimum atomic E-state index is -0.217. The van der Waals surface area contributed by atoms with E-state index in [4.69, 9.17) is 4.74 Å². The molecule has 7 nitrogen and oxygen atoms in total. The summed E-state index contributed by atoms with van der Waals surface area (Å²) in [7, 11) is 1.67. The number of amides is 2. The third kappa shape index (κ3) is 5.05. The minimum Gasteiger partial charge on any atom is -0.497 e. The first-order valence-electron chi connectivity index (χ1n) is 11.4. The molecule has 0 aliphatic carbocycles. The van der Waals surface area contributed by atoms with Gasteiger partial charge in [0.15, 0.2) is 0 Å². The van der Waals surface area contributed by atoms with Crippen molar-refractivity contribution in [2.75, 3.05) is 55.0 Å². The average molecular weight is 437 g/mol. The zero-order valence-electron chi connectivity index (χ0n) is 18.9. The lowest BCUT2D eigenvalue weighted by atomic mass is 10.2. The number of nitrogens with zero attached hydrogens (tertiary/aromatic N) is 3. The monoisotopic (exact) mass is 436 g/mol. The van der Waals surface area contributed by atoms with Crippen LogP contribution in [0.25, 0.3) is 0 Å². The molecule has 7 heteroatoms. The largest absolute Gasteiger partial charge is 0.497 e. The van der Waals surface area contributed by atoms with Gasteiger partial charge in [0.2, 0.25) is 11.8 Å². The Morgan fingerprint density at radius 1 is 0.906 bits per heavy atom. The molecule has 170 valence electrons. The summed E-state index contributed by atoms with van der Waals surface area (Å²) in [5, 5.41) is 3.03. The summed E-state index contributed by atoms with van der Waals surface area (Å²) in [4.78, 5) is 31.2. The molecule has 1 atom stereocenters. The molecule has 2 aromatic carbocycles. The fourth-order valence-electron chi connectivity index (χ4n) is 4.43. The summed E-state index contributed by atoms with van der Waals surface area (Å²) in [5.74, 6) is 1.02. The van der Waals surface area contributed by atoms with Gasteiger partial charge in [-0.2, -0.15) is 0 Å². The van der Waals surface area contributed by atoms with E-state index in [2.05, 4.69) is 27.2 Å². The van der Waals surface area contributed by atoms with Gasteiger partial charge in [-0.15, -0.1) is 0 Å². The van der Waals surface area contributed by atoms with Gasteiger partial charge in [0.25, 0.3) is 0 Å². The average Bonchev–Trinajstić information content (AvgIpc) is 3.10. The smallest absolute Gasteiger partial charge is 0.241 e. The van der Waals surface area contributed by atoms with Crippen molar-refractivity contribution >= 4 is 28.9 Å². The summed E-state index contributed by atoms with van der Waals surface area (Å²) in [5.41, 5.74) is 2.83. The highest BCUT2D eigenvalue weighted by Gasteiger charge is 2.25. The van der Waals surface area contributed by atoms with Crippen LogP contribution in [0.15, 0.2) is 48.5 Å². The van der Waals surface area contributed by atoms with E-state index in [-0.39, 0.29) is 17.9 Å². The van der Waals surface area contributed by atoms with Gasteiger partial charge >= 0.3 is 0 Å². The molecule has 2 aromatic rings. The first kappa shape index (κ1) is 22.1. The lowest BCUT2D eigenvalue weighted by Crippen LogP contribution is -2.43. The van der Waals surface area contributed by atoms with Crippen LogP contribution >= 0.6 is 0 Å². The van der Waals surface area contributed by atoms with Crippen molar-refractivity contribution in [2.45, 2.75) is 32.2 Å². The quantitative estimate of drug-likeness (QED) is 0.752. The second-order valence-corrected chi connectivity index (χ2v) is 8.44. The van der Waals surface area contributed by atoms with Crippen molar-refractivity contribution in [3.8, 4) is 5.75 Å². The highest BCUT2D eigenvalue weighted by atomic mass is 16.5. The first-order valence-corrected chi connectivity index (χ1v) is 11.4. The molecule has 1 N–H and O–H groups in total. The number of rotatable bonds is 6. The Balaban J connectivity index is 1.32. The number of hydrogen-bond acceptors (Lipinski definition) is 5. The van der Waals surface area contributed by atoms with Crippen molar-refractivity contribution in [1.29, 1.82) is 0 Å². The summed E-state index contributed by atoms with van der Waals surface area (Å²) in [6.07, 6.45) is 2.52. The molecule has 2 heterocycles. The molecule has 32 heavy (non-hydrogen) atoms. The Bertz CT molecular complexity index is 929. The fraction of sp³-hybridized carbons (Fsp3) is 0.440. The first-order chi connectivity index (χ1) is 15.5. The fourth-order valence-corrected chi connectivity index (χ4v) is 4.43. The Hall–Kier alpha value is -3.06. The van der Waals surface area contributed by atoms with E-state index in [9.17, 15) is 9.59 Å². The normalized spacial score (nSPS) is 18.4. The Labute approximate surface area is 189 Å². The van der Waals surface area contributed by atoms with Crippen molar-refractivity contribution in [3.05, 3.63) is 48.5 Å². The predicted molar refractivity (Wildman–Crippen MR) is 128 cm³/mol. The van der Waals surface area contributed by atoms with E-state index in [1.165, 1.54) is 5.69 Å². The van der Waals surface area contributed by atoms with E-state index in [0.29, 0.717) is 6.42 Å². The van der Waals surface area contributed by atoms with E-state index in [0.717, 1.165) is 62.7 Å². The van der Waals surface area contributed by atoms with Crippen LogP contribution in [-0.2, 0) is 9.59 Å². The molecule has 2 aliphatic rings. The third-order valence-corrected chi connectivity index (χ3v) is 6.42. The van der Waals surface area contributed by atoms with E-state index in [1.807, 2.05) is 43.3 Å². The Morgan fingerprint density at radius 2 is 1.62 bits per heavy atom. The molecule has 2 fully saturated rings. The standard InChI is InChI=1S/C25H32N4O3/c1-19(25(31)26-20-6-8-22(9-7-20)29-16-3-5-24(29)30)27-14-4-15-28(18-17-27)21-10-12-23(32-2)13-11-21/h6-13,19H,3-5,14-18H2,1-2H3,(H,26,31). The molecular formula is C25H32N4O3. The van der Waals surface area contributed by atoms with Gasteiger partial charge in [-0.25, -0.2) is 0 Å². The van der Waals surface area contributed by atoms with Crippen LogP contribution in [0.5, 0.6) is 5.75 Å². The molecule has 0 saturated carbocycles. The van der Waals surface area contributed by atoms with Crippen LogP contribution < -0.4 is 19.9 Å². The lowest BCUT2D eigenvalue weighted by molar-refractivity contribution is -0.120. The molecule has 2 aliphatic heterocycles. The highest BCUT2D eigenvalue weighted by molar-refractivity contribution is 5.97. The number of nitrogens with one attached hydrogen (secondary N) is 1. The number of carbonyl (C=O) groups excluding carboxylic acids is 2. The van der Waals surface area contributed by atoms with Crippen LogP contribution in [0.3, 0.4) is 0 Å². The number of methoxy groups -OCH3 is 1. The maximum atomic E-state index is 12.9. The number of anilines is 3. The molecule has 0 aromatic heterocycles. The van der Waals surface area contributed by atoms with Gasteiger partial charge in [-0.3, -0.25) is 14.5 Å². The zero-order valence-corrected chi connectivity index (χ0v) is 18.9. The van der Waals surface area contributed by atoms with Gasteiger partial charge < -0.3 is 19.9 Å². The minimum absolute atomic E-state index is 0.00658. The van der Waals surface area contributed by atoms with Crippen molar-refractivity contribution in [2.24, 2.45) is 0 Å². The molecule has 0 bridgehead atoms. The van der Waals surface area contributed by atoms with Gasteiger partial charge in [0.1, 0.15) is 5.75 Å². The highest BCUT2D eigenvalue weighted by Crippen LogP contribution is 2.24. The van der Waals surface area contributed by atoms with Gasteiger partial charge in [0, 0.05) is 56.2 Å². The molecule has 1 unspecified atom stereocenters. The predicted octanol–water partition coefficient (Wildman–Crippen LogP) is 3.36. The van der Waals surface area contributed by atoms with Crippen LogP contribution in [0.2, 0.25) is 0 Å². The Kier molecular flexibility index (Phi) is 6.95. The van der Waals surface area contributed by atoms with E-state index < -0.39 is 0 Å². The molecule has 2 saturated heterocycles. The SMILES string of the molecule is COc1ccc(N2CCCN(C(C)C(=O)Nc3ccc(N4CCCC4=O)cc3)CC2)cc1. The number of carbonyl (C=O) groups is 2. The van der Waals surface area contributed by atoms with Crippen LogP contribution in [0.1, 0.15) is 26.2 Å². The topological polar surface area (TPSA) is 65.1 Å². The van der Waals surface area contributed by atoms with Gasteiger partial charge in [0.05, 0.1) is 13.2 Å². The number of ether oxygens (including phenoxy) is 1. The summed E-state index contributed by atoms with van der Waals surface area (Å²) < 4.78 is 5.25. The number of hydrogen-bond donors (Lipinski definition) is 1. The molecule has 2 amide bonds. The summed E-state index contributed by atoms with van der Waals surface area (Å²) >= 11 is 0. The van der Waals surface area contributed by atoms with Gasteiger partial charge in [-0.05, 0) is 68.3 Å².